The molecular formula is C57H76Cl2N10O12. The number of nitrogens with one attached hydrogen (secondary N) is 3. The number of carbonyl (C=O) groups excluding carboxylic acids is 4. The number of halogens is 2. The summed E-state index contributed by atoms with van der Waals surface area (Å²) >= 11 is 11.7. The topological polar surface area (TPSA) is 288 Å². The molecule has 0 aliphatic carbocycles. The Labute approximate surface area is 482 Å². The number of hydrogen-bond acceptors (Lipinski definition) is 15. The summed E-state index contributed by atoms with van der Waals surface area (Å²) in [6.07, 6.45) is 0. The standard InChI is InChI=1S/C17H25N3O4.C17H27N3O2.C13H15ClN2O3.C10H9ClN2O3/c1-10(2)19-14-8-13(18-11(3)9-24-6)15(20(22)23)7-12(14)17(4,5)16(19)21;1-10(2)20-15-8-14(19-11(3)9-22-6)13(18)7-12(15)17(4,5)16(20)21;1-7(2)15-10-6-9(14)11(16(18)19)5-8(10)13(3,4)12(15)17;1-10(2)5-3-8(13(15)16)6(11)4-7(5)12-9(10)14/h7-8,10-11,18H,9H2,1-6H3;7-8,10-11,19H,9,18H2,1-6H3;5-7H,1-4H3;3-4H,1-2H3,(H,12,14)/t2*11-;;/m00../s1. The van der Waals surface area contributed by atoms with Gasteiger partial charge in [-0.25, -0.2) is 0 Å². The lowest BCUT2D eigenvalue weighted by atomic mass is 9.85. The van der Waals surface area contributed by atoms with Crippen LogP contribution in [0, 0.1) is 30.3 Å². The maximum Gasteiger partial charge on any atom is 0.292 e. The number of nitrogens with zero attached hydrogens (tertiary/aromatic N) is 6. The number of anilines is 7. The number of benzene rings is 4. The van der Waals surface area contributed by atoms with E-state index in [9.17, 15) is 49.5 Å². The first-order valence-corrected chi connectivity index (χ1v) is 27.1. The van der Waals surface area contributed by atoms with E-state index < -0.39 is 36.4 Å². The Hall–Kier alpha value is -7.14. The van der Waals surface area contributed by atoms with Gasteiger partial charge in [0.15, 0.2) is 0 Å². The van der Waals surface area contributed by atoms with E-state index in [2.05, 4.69) is 16.0 Å². The number of rotatable bonds is 14. The molecule has 2 atom stereocenters. The predicted molar refractivity (Wildman–Crippen MR) is 319 cm³/mol. The monoisotopic (exact) mass is 1160 g/mol. The van der Waals surface area contributed by atoms with E-state index in [4.69, 9.17) is 38.4 Å². The number of nitro benzene ring substituents is 3. The van der Waals surface area contributed by atoms with Crippen molar-refractivity contribution < 1.29 is 43.4 Å². The van der Waals surface area contributed by atoms with Crippen molar-refractivity contribution in [1.82, 2.24) is 0 Å². The molecule has 0 unspecified atom stereocenters. The van der Waals surface area contributed by atoms with Gasteiger partial charge in [-0.05, 0) is 163 Å². The van der Waals surface area contributed by atoms with E-state index in [1.807, 2.05) is 86.3 Å². The molecule has 0 fully saturated rings. The molecule has 22 nitrogen and oxygen atoms in total. The molecule has 440 valence electrons. The summed E-state index contributed by atoms with van der Waals surface area (Å²) in [6, 6.07) is 13.0. The van der Waals surface area contributed by atoms with E-state index >= 15 is 0 Å². The molecule has 0 saturated heterocycles. The van der Waals surface area contributed by atoms with Gasteiger partial charge in [0.25, 0.3) is 17.1 Å². The van der Waals surface area contributed by atoms with Crippen LogP contribution in [-0.4, -0.2) is 96.0 Å². The highest BCUT2D eigenvalue weighted by Crippen LogP contribution is 2.50. The second-order valence-corrected chi connectivity index (χ2v) is 24.4. The highest BCUT2D eigenvalue weighted by Gasteiger charge is 2.49. The first-order valence-electron chi connectivity index (χ1n) is 26.4. The molecule has 81 heavy (non-hydrogen) atoms. The molecule has 0 saturated carbocycles. The van der Waals surface area contributed by atoms with E-state index in [0.29, 0.717) is 52.7 Å². The van der Waals surface area contributed by atoms with Gasteiger partial charge in [-0.15, -0.1) is 0 Å². The number of carbonyl (C=O) groups is 4. The zero-order valence-electron chi connectivity index (χ0n) is 49.3. The average molecular weight is 1160 g/mol. The van der Waals surface area contributed by atoms with Gasteiger partial charge < -0.3 is 45.9 Å². The zero-order chi connectivity index (χ0) is 61.5. The third kappa shape index (κ3) is 12.5. The van der Waals surface area contributed by atoms with Crippen LogP contribution in [-0.2, 0) is 50.3 Å². The van der Waals surface area contributed by atoms with Crippen LogP contribution >= 0.6 is 23.2 Å². The Morgan fingerprint density at radius 2 is 0.852 bits per heavy atom. The molecular weight excluding hydrogens is 1090 g/mol. The second kappa shape index (κ2) is 24.1. The fourth-order valence-corrected chi connectivity index (χ4v) is 10.8. The van der Waals surface area contributed by atoms with Crippen LogP contribution in [0.3, 0.4) is 0 Å². The van der Waals surface area contributed by atoms with Crippen molar-refractivity contribution in [3.8, 4) is 0 Å². The van der Waals surface area contributed by atoms with Crippen LogP contribution < -0.4 is 36.4 Å². The van der Waals surface area contributed by atoms with Gasteiger partial charge in [0.05, 0.1) is 78.1 Å². The maximum absolute atomic E-state index is 12.8. The van der Waals surface area contributed by atoms with Crippen molar-refractivity contribution in [1.29, 1.82) is 0 Å². The van der Waals surface area contributed by atoms with Crippen LogP contribution in [0.2, 0.25) is 10.0 Å². The highest BCUT2D eigenvalue weighted by atomic mass is 35.5. The zero-order valence-corrected chi connectivity index (χ0v) is 50.8. The molecule has 8 rings (SSSR count). The SMILES string of the molecule is CC(C)N1C(=O)C(C)(C)c2cc([N+](=O)[O-])c(Cl)cc21.CC1(C)C(=O)Nc2cc(Cl)c([N+](=O)[O-])cc21.COC[C@H](C)Nc1cc2c(cc1N)C(C)(C)C(=O)N2C(C)C.COC[C@H](C)Nc1cc2c(cc1[N+](=O)[O-])C(C)(C)C(=O)N2C(C)C. The van der Waals surface area contributed by atoms with E-state index in [1.54, 1.807) is 71.6 Å². The van der Waals surface area contributed by atoms with Crippen LogP contribution in [0.5, 0.6) is 0 Å². The normalized spacial score (nSPS) is 17.2. The molecule has 5 N–H and O–H groups in total. The first-order chi connectivity index (χ1) is 37.3. The van der Waals surface area contributed by atoms with Gasteiger partial charge in [0.1, 0.15) is 15.7 Å². The van der Waals surface area contributed by atoms with Crippen LogP contribution in [0.25, 0.3) is 0 Å². The Morgan fingerprint density at radius 3 is 1.23 bits per heavy atom. The number of nitrogens with two attached hydrogens (primary N) is 1. The number of nitro groups is 3. The molecule has 4 aliphatic heterocycles. The van der Waals surface area contributed by atoms with Gasteiger partial charge in [-0.1, -0.05) is 23.2 Å². The molecule has 0 bridgehead atoms. The van der Waals surface area contributed by atoms with Crippen molar-refractivity contribution >= 4 is 104 Å². The Morgan fingerprint density at radius 1 is 0.519 bits per heavy atom. The third-order valence-electron chi connectivity index (χ3n) is 14.8. The summed E-state index contributed by atoms with van der Waals surface area (Å²) in [7, 11) is 3.25. The quantitative estimate of drug-likeness (QED) is 0.0518. The van der Waals surface area contributed by atoms with E-state index in [0.717, 1.165) is 22.6 Å². The number of fused-ring (bicyclic) bond motifs is 4. The van der Waals surface area contributed by atoms with Crippen LogP contribution in [0.4, 0.5) is 56.9 Å². The number of amides is 4. The lowest BCUT2D eigenvalue weighted by Crippen LogP contribution is -2.40. The average Bonchev–Trinajstić information content (AvgIpc) is 3.82. The van der Waals surface area contributed by atoms with Gasteiger partial charge >= 0.3 is 0 Å². The Kier molecular flexibility index (Phi) is 19.3. The van der Waals surface area contributed by atoms with Gasteiger partial charge in [0.2, 0.25) is 23.6 Å². The van der Waals surface area contributed by atoms with Crippen molar-refractivity contribution in [3.05, 3.63) is 111 Å². The molecule has 4 aromatic rings. The summed E-state index contributed by atoms with van der Waals surface area (Å²) in [5.74, 6) is -0.156. The van der Waals surface area contributed by atoms with Gasteiger partial charge in [-0.2, -0.15) is 0 Å². The largest absolute Gasteiger partial charge is 0.397 e. The molecule has 4 aliphatic rings. The number of hydrogen-bond donors (Lipinski definition) is 4. The predicted octanol–water partition coefficient (Wildman–Crippen LogP) is 11.6. The maximum atomic E-state index is 12.8. The summed E-state index contributed by atoms with van der Waals surface area (Å²) in [5, 5.41) is 42.4. The highest BCUT2D eigenvalue weighted by molar-refractivity contribution is 6.33. The summed E-state index contributed by atoms with van der Waals surface area (Å²) in [6.45, 7) is 31.2. The molecule has 4 amide bonds. The lowest BCUT2D eigenvalue weighted by Gasteiger charge is -2.24. The lowest BCUT2D eigenvalue weighted by molar-refractivity contribution is -0.384. The fraction of sp³-hybridized carbons (Fsp3) is 0.509. The van der Waals surface area contributed by atoms with E-state index in [-0.39, 0.29) is 80.9 Å². The molecule has 0 radical (unpaired) electrons. The van der Waals surface area contributed by atoms with Gasteiger partial charge in [0, 0.05) is 68.3 Å². The number of methoxy groups -OCH3 is 2. The minimum Gasteiger partial charge on any atom is -0.397 e. The molecule has 4 aromatic carbocycles. The first kappa shape index (κ1) is 64.7. The van der Waals surface area contributed by atoms with E-state index in [1.165, 1.54) is 30.3 Å². The van der Waals surface area contributed by atoms with Crippen molar-refractivity contribution in [2.24, 2.45) is 0 Å². The summed E-state index contributed by atoms with van der Waals surface area (Å²) < 4.78 is 10.2. The molecule has 4 heterocycles. The minimum absolute atomic E-state index is 0.0226. The minimum atomic E-state index is -0.777. The van der Waals surface area contributed by atoms with Crippen molar-refractivity contribution in [3.63, 3.8) is 0 Å². The molecule has 24 heteroatoms. The van der Waals surface area contributed by atoms with Crippen molar-refractivity contribution in [2.75, 3.05) is 63.8 Å². The van der Waals surface area contributed by atoms with Crippen LogP contribution in [0.15, 0.2) is 48.5 Å². The Balaban J connectivity index is 0.000000200. The molecule has 0 aromatic heterocycles. The van der Waals surface area contributed by atoms with Crippen LogP contribution in [0.1, 0.15) is 133 Å². The summed E-state index contributed by atoms with van der Waals surface area (Å²) in [4.78, 5) is 86.4. The number of ether oxygens (including phenoxy) is 2. The third-order valence-corrected chi connectivity index (χ3v) is 15.4. The smallest absolute Gasteiger partial charge is 0.292 e. The summed E-state index contributed by atoms with van der Waals surface area (Å²) in [5.41, 5.74) is 10.7. The Bertz CT molecular complexity index is 3180. The molecule has 0 spiro atoms. The second-order valence-electron chi connectivity index (χ2n) is 23.5. The fourth-order valence-electron chi connectivity index (χ4n) is 10.3. The van der Waals surface area contributed by atoms with Gasteiger partial charge in [-0.3, -0.25) is 49.5 Å². The van der Waals surface area contributed by atoms with Crippen molar-refractivity contribution in [2.45, 2.75) is 163 Å². The number of nitrogen functional groups attached to an aromatic ring is 1.